The molecule has 0 spiro atoms. The molecule has 1 atom stereocenters. The Morgan fingerprint density at radius 1 is 1.41 bits per heavy atom. The predicted molar refractivity (Wildman–Crippen MR) is 70.4 cm³/mol. The summed E-state index contributed by atoms with van der Waals surface area (Å²) >= 11 is 0. The van der Waals surface area contributed by atoms with Gasteiger partial charge in [-0.15, -0.1) is 0 Å². The van der Waals surface area contributed by atoms with Crippen LogP contribution in [0.15, 0.2) is 35.9 Å². The Morgan fingerprint density at radius 2 is 2.00 bits per heavy atom. The summed E-state index contributed by atoms with van der Waals surface area (Å²) in [4.78, 5) is 12.8. The van der Waals surface area contributed by atoms with Crippen molar-refractivity contribution >= 4 is 11.7 Å². The number of anilines is 1. The minimum Gasteiger partial charge on any atom is -0.478 e. The fourth-order valence-corrected chi connectivity index (χ4v) is 1.72. The van der Waals surface area contributed by atoms with Gasteiger partial charge in [0.1, 0.15) is 0 Å². The predicted octanol–water partition coefficient (Wildman–Crippen LogP) is 2.85. The summed E-state index contributed by atoms with van der Waals surface area (Å²) in [6.45, 7) is 5.65. The highest BCUT2D eigenvalue weighted by atomic mass is 16.4. The molecule has 0 heterocycles. The molecular formula is C14H19NO2. The number of para-hydroxylation sites is 1. The van der Waals surface area contributed by atoms with Crippen molar-refractivity contribution in [3.63, 3.8) is 0 Å². The van der Waals surface area contributed by atoms with Gasteiger partial charge in [-0.05, 0) is 32.4 Å². The first-order valence-corrected chi connectivity index (χ1v) is 5.63. The first-order chi connectivity index (χ1) is 7.93. The maximum Gasteiger partial charge on any atom is 0.331 e. The van der Waals surface area contributed by atoms with Gasteiger partial charge in [0.2, 0.25) is 0 Å². The van der Waals surface area contributed by atoms with E-state index < -0.39 is 5.97 Å². The molecule has 0 fully saturated rings. The maximum atomic E-state index is 10.8. The van der Waals surface area contributed by atoms with Crippen LogP contribution in [0.3, 0.4) is 0 Å². The summed E-state index contributed by atoms with van der Waals surface area (Å²) in [5.41, 5.74) is 2.68. The Balaban J connectivity index is 2.91. The Bertz CT molecular complexity index is 438. The van der Waals surface area contributed by atoms with Gasteiger partial charge in [-0.3, -0.25) is 0 Å². The molecule has 0 aliphatic heterocycles. The van der Waals surface area contributed by atoms with Crippen LogP contribution in [0, 0.1) is 6.92 Å². The topological polar surface area (TPSA) is 40.5 Å². The van der Waals surface area contributed by atoms with Crippen molar-refractivity contribution in [3.05, 3.63) is 41.5 Å². The lowest BCUT2D eigenvalue weighted by Crippen LogP contribution is -2.28. The molecular weight excluding hydrogens is 214 g/mol. The molecule has 0 aliphatic rings. The average Bonchev–Trinajstić information content (AvgIpc) is 2.28. The lowest BCUT2D eigenvalue weighted by molar-refractivity contribution is -0.132. The summed E-state index contributed by atoms with van der Waals surface area (Å²) in [5.74, 6) is -0.866. The van der Waals surface area contributed by atoms with E-state index in [2.05, 4.69) is 4.90 Å². The number of rotatable bonds is 4. The second-order valence-electron chi connectivity index (χ2n) is 4.29. The molecule has 92 valence electrons. The van der Waals surface area contributed by atoms with Crippen molar-refractivity contribution in [1.82, 2.24) is 0 Å². The fourth-order valence-electron chi connectivity index (χ4n) is 1.72. The molecule has 3 heteroatoms. The van der Waals surface area contributed by atoms with E-state index in [0.717, 1.165) is 5.69 Å². The number of aryl methyl sites for hydroxylation is 1. The van der Waals surface area contributed by atoms with E-state index >= 15 is 0 Å². The van der Waals surface area contributed by atoms with Crippen LogP contribution in [0.2, 0.25) is 0 Å². The molecule has 0 aliphatic carbocycles. The standard InChI is InChI=1S/C14H19NO2/c1-10-7-5-6-8-13(10)15(4)12(3)9-11(2)14(16)17/h5-9,12H,1-4H3,(H,16,17). The number of carboxylic acids is 1. The normalized spacial score (nSPS) is 13.3. The number of hydrogen-bond donors (Lipinski definition) is 1. The molecule has 3 nitrogen and oxygen atoms in total. The quantitative estimate of drug-likeness (QED) is 0.813. The van der Waals surface area contributed by atoms with Crippen LogP contribution in [-0.4, -0.2) is 24.2 Å². The van der Waals surface area contributed by atoms with Crippen LogP contribution in [-0.2, 0) is 4.79 Å². The molecule has 1 N–H and O–H groups in total. The van der Waals surface area contributed by atoms with Gasteiger partial charge in [0.15, 0.2) is 0 Å². The van der Waals surface area contributed by atoms with Crippen molar-refractivity contribution < 1.29 is 9.90 Å². The largest absolute Gasteiger partial charge is 0.478 e. The van der Waals surface area contributed by atoms with Crippen LogP contribution in [0.1, 0.15) is 19.4 Å². The van der Waals surface area contributed by atoms with E-state index in [1.54, 1.807) is 13.0 Å². The second-order valence-corrected chi connectivity index (χ2v) is 4.29. The smallest absolute Gasteiger partial charge is 0.331 e. The minimum atomic E-state index is -0.866. The molecule has 1 aromatic rings. The van der Waals surface area contributed by atoms with Gasteiger partial charge in [-0.25, -0.2) is 4.79 Å². The first kappa shape index (κ1) is 13.3. The third-order valence-electron chi connectivity index (χ3n) is 2.93. The van der Waals surface area contributed by atoms with Gasteiger partial charge < -0.3 is 10.0 Å². The van der Waals surface area contributed by atoms with Gasteiger partial charge in [0, 0.05) is 24.4 Å². The van der Waals surface area contributed by atoms with Gasteiger partial charge in [-0.2, -0.15) is 0 Å². The fraction of sp³-hybridized carbons (Fsp3) is 0.357. The Kier molecular flexibility index (Phi) is 4.32. The van der Waals surface area contributed by atoms with Crippen LogP contribution >= 0.6 is 0 Å². The lowest BCUT2D eigenvalue weighted by Gasteiger charge is -2.26. The van der Waals surface area contributed by atoms with Crippen molar-refractivity contribution in [3.8, 4) is 0 Å². The highest BCUT2D eigenvalue weighted by Crippen LogP contribution is 2.20. The minimum absolute atomic E-state index is 0.0483. The van der Waals surface area contributed by atoms with Crippen molar-refractivity contribution in [2.45, 2.75) is 26.8 Å². The summed E-state index contributed by atoms with van der Waals surface area (Å²) in [6, 6.07) is 8.11. The van der Waals surface area contributed by atoms with E-state index in [-0.39, 0.29) is 6.04 Å². The maximum absolute atomic E-state index is 10.8. The van der Waals surface area contributed by atoms with E-state index in [1.165, 1.54) is 5.56 Å². The Morgan fingerprint density at radius 3 is 2.53 bits per heavy atom. The van der Waals surface area contributed by atoms with E-state index in [0.29, 0.717) is 5.57 Å². The van der Waals surface area contributed by atoms with Gasteiger partial charge in [0.25, 0.3) is 0 Å². The molecule has 0 aromatic heterocycles. The van der Waals surface area contributed by atoms with Gasteiger partial charge >= 0.3 is 5.97 Å². The number of carbonyl (C=O) groups is 1. The first-order valence-electron chi connectivity index (χ1n) is 5.63. The highest BCUT2D eigenvalue weighted by Gasteiger charge is 2.11. The molecule has 0 amide bonds. The summed E-state index contributed by atoms with van der Waals surface area (Å²) < 4.78 is 0. The molecule has 1 unspecified atom stereocenters. The monoisotopic (exact) mass is 233 g/mol. The zero-order valence-electron chi connectivity index (χ0n) is 10.8. The van der Waals surface area contributed by atoms with E-state index in [4.69, 9.17) is 5.11 Å². The van der Waals surface area contributed by atoms with E-state index in [9.17, 15) is 4.79 Å². The van der Waals surface area contributed by atoms with E-state index in [1.807, 2.05) is 45.2 Å². The second kappa shape index (κ2) is 5.53. The third-order valence-corrected chi connectivity index (χ3v) is 2.93. The Labute approximate surface area is 102 Å². The number of likely N-dealkylation sites (N-methyl/N-ethyl adjacent to an activating group) is 1. The Hall–Kier alpha value is -1.77. The van der Waals surface area contributed by atoms with Crippen LogP contribution in [0.25, 0.3) is 0 Å². The SMILES string of the molecule is CC(=CC(C)N(C)c1ccccc1C)C(=O)O. The highest BCUT2D eigenvalue weighted by molar-refractivity contribution is 5.86. The molecule has 0 bridgehead atoms. The molecule has 17 heavy (non-hydrogen) atoms. The van der Waals surface area contributed by atoms with Crippen LogP contribution < -0.4 is 4.90 Å². The van der Waals surface area contributed by atoms with Gasteiger partial charge in [0.05, 0.1) is 0 Å². The summed E-state index contributed by atoms with van der Waals surface area (Å²) in [6.07, 6.45) is 1.76. The number of aliphatic carboxylic acids is 1. The molecule has 0 radical (unpaired) electrons. The number of benzene rings is 1. The zero-order chi connectivity index (χ0) is 13.0. The van der Waals surface area contributed by atoms with Crippen LogP contribution in [0.4, 0.5) is 5.69 Å². The third kappa shape index (κ3) is 3.34. The average molecular weight is 233 g/mol. The van der Waals surface area contributed by atoms with Crippen LogP contribution in [0.5, 0.6) is 0 Å². The summed E-state index contributed by atoms with van der Waals surface area (Å²) in [5, 5.41) is 8.85. The molecule has 0 saturated carbocycles. The zero-order valence-corrected chi connectivity index (χ0v) is 10.8. The number of nitrogens with zero attached hydrogens (tertiary/aromatic N) is 1. The molecule has 1 aromatic carbocycles. The molecule has 1 rings (SSSR count). The molecule has 0 saturated heterocycles. The number of carboxylic acid groups (broad SMARTS) is 1. The number of hydrogen-bond acceptors (Lipinski definition) is 2. The lowest BCUT2D eigenvalue weighted by atomic mass is 10.1. The summed E-state index contributed by atoms with van der Waals surface area (Å²) in [7, 11) is 1.97. The van der Waals surface area contributed by atoms with Crippen molar-refractivity contribution in [2.75, 3.05) is 11.9 Å². The van der Waals surface area contributed by atoms with Gasteiger partial charge in [-0.1, -0.05) is 24.3 Å². The van der Waals surface area contributed by atoms with Crippen molar-refractivity contribution in [1.29, 1.82) is 0 Å². The van der Waals surface area contributed by atoms with Crippen molar-refractivity contribution in [2.24, 2.45) is 0 Å².